The van der Waals surface area contributed by atoms with E-state index >= 15 is 0 Å². The van der Waals surface area contributed by atoms with E-state index in [9.17, 15) is 0 Å². The van der Waals surface area contributed by atoms with Crippen LogP contribution in [0.15, 0.2) is 54.9 Å². The van der Waals surface area contributed by atoms with Gasteiger partial charge in [0.05, 0.1) is 0 Å². The van der Waals surface area contributed by atoms with Crippen LogP contribution < -0.4 is 16.0 Å². The van der Waals surface area contributed by atoms with Crippen molar-refractivity contribution >= 4 is 23.0 Å². The van der Waals surface area contributed by atoms with Crippen LogP contribution in [0.25, 0.3) is 0 Å². The summed E-state index contributed by atoms with van der Waals surface area (Å²) in [5.41, 5.74) is 11.9. The van der Waals surface area contributed by atoms with Crippen molar-refractivity contribution in [3.63, 3.8) is 0 Å². The average molecular weight is 389 g/mol. The summed E-state index contributed by atoms with van der Waals surface area (Å²) in [6, 6.07) is 16.9. The third-order valence-electron chi connectivity index (χ3n) is 5.55. The summed E-state index contributed by atoms with van der Waals surface area (Å²) in [7, 11) is 0. The number of rotatable bonds is 5. The maximum Gasteiger partial charge on any atom is 0.159 e. The molecule has 0 aliphatic carbocycles. The molecule has 0 unspecified atom stereocenters. The SMILES string of the molecule is Cc1ccc(Nc2ncnc(N3CCN(Cc4ccccc4)CC3)c2N)cc1C. The lowest BCUT2D eigenvalue weighted by Gasteiger charge is -2.36. The lowest BCUT2D eigenvalue weighted by atomic mass is 10.1. The third-order valence-corrected chi connectivity index (χ3v) is 5.55. The normalized spacial score (nSPS) is 14.8. The minimum absolute atomic E-state index is 0.599. The Bertz CT molecular complexity index is 964. The topological polar surface area (TPSA) is 70.3 Å². The van der Waals surface area contributed by atoms with Crippen molar-refractivity contribution in [2.75, 3.05) is 42.1 Å². The number of aryl methyl sites for hydroxylation is 2. The van der Waals surface area contributed by atoms with Gasteiger partial charge < -0.3 is 16.0 Å². The smallest absolute Gasteiger partial charge is 0.159 e. The predicted octanol–water partition coefficient (Wildman–Crippen LogP) is 3.74. The summed E-state index contributed by atoms with van der Waals surface area (Å²) in [6.45, 7) is 8.95. The van der Waals surface area contributed by atoms with Crippen LogP contribution in [0.2, 0.25) is 0 Å². The molecule has 0 atom stereocenters. The standard InChI is InChI=1S/C23H28N6/c1-17-8-9-20(14-18(17)2)27-22-21(24)23(26-16-25-22)29-12-10-28(11-13-29)15-19-6-4-3-5-7-19/h3-9,14,16H,10-13,15,24H2,1-2H3,(H,25,26,27). The van der Waals surface area contributed by atoms with Gasteiger partial charge in [0.25, 0.3) is 0 Å². The molecule has 6 heteroatoms. The summed E-state index contributed by atoms with van der Waals surface area (Å²) >= 11 is 0. The van der Waals surface area contributed by atoms with Crippen LogP contribution in [-0.4, -0.2) is 41.0 Å². The molecule has 1 aromatic heterocycles. The maximum absolute atomic E-state index is 6.45. The Morgan fingerprint density at radius 2 is 1.69 bits per heavy atom. The molecule has 6 nitrogen and oxygen atoms in total. The number of nitrogens with two attached hydrogens (primary N) is 1. The molecule has 0 bridgehead atoms. The van der Waals surface area contributed by atoms with Crippen LogP contribution in [-0.2, 0) is 6.54 Å². The monoisotopic (exact) mass is 388 g/mol. The summed E-state index contributed by atoms with van der Waals surface area (Å²) in [6.07, 6.45) is 1.59. The predicted molar refractivity (Wildman–Crippen MR) is 120 cm³/mol. The highest BCUT2D eigenvalue weighted by atomic mass is 15.3. The van der Waals surface area contributed by atoms with Gasteiger partial charge in [0, 0.05) is 38.4 Å². The summed E-state index contributed by atoms with van der Waals surface area (Å²) in [5.74, 6) is 1.47. The molecule has 1 saturated heterocycles. The van der Waals surface area contributed by atoms with Gasteiger partial charge in [-0.05, 0) is 42.7 Å². The molecule has 1 aliphatic heterocycles. The molecular formula is C23H28N6. The molecule has 3 aromatic rings. The number of anilines is 4. The Morgan fingerprint density at radius 3 is 2.41 bits per heavy atom. The first kappa shape index (κ1) is 19.2. The zero-order valence-electron chi connectivity index (χ0n) is 17.1. The molecule has 2 aromatic carbocycles. The fraction of sp³-hybridized carbons (Fsp3) is 0.304. The molecule has 1 aliphatic rings. The minimum atomic E-state index is 0.599. The Hall–Kier alpha value is -3.12. The highest BCUT2D eigenvalue weighted by Crippen LogP contribution is 2.29. The van der Waals surface area contributed by atoms with Crippen LogP contribution in [0.3, 0.4) is 0 Å². The van der Waals surface area contributed by atoms with Gasteiger partial charge in [-0.15, -0.1) is 0 Å². The van der Waals surface area contributed by atoms with Crippen molar-refractivity contribution < 1.29 is 0 Å². The third kappa shape index (κ3) is 4.49. The number of nitrogens with zero attached hydrogens (tertiary/aromatic N) is 4. The molecule has 4 rings (SSSR count). The average Bonchev–Trinajstić information content (AvgIpc) is 2.74. The van der Waals surface area contributed by atoms with E-state index < -0.39 is 0 Å². The van der Waals surface area contributed by atoms with E-state index in [0.717, 1.165) is 44.2 Å². The molecule has 1 fully saturated rings. The summed E-state index contributed by atoms with van der Waals surface area (Å²) in [4.78, 5) is 13.6. The Labute approximate surface area is 172 Å². The Kier molecular flexibility index (Phi) is 5.62. The number of nitrogen functional groups attached to an aromatic ring is 1. The van der Waals surface area contributed by atoms with Crippen molar-refractivity contribution in [3.8, 4) is 0 Å². The lowest BCUT2D eigenvalue weighted by Crippen LogP contribution is -2.46. The first-order valence-corrected chi connectivity index (χ1v) is 10.1. The fourth-order valence-corrected chi connectivity index (χ4v) is 3.65. The molecule has 0 spiro atoms. The summed E-state index contributed by atoms with van der Waals surface area (Å²) in [5, 5.41) is 3.35. The Morgan fingerprint density at radius 1 is 0.931 bits per heavy atom. The second-order valence-electron chi connectivity index (χ2n) is 7.63. The fourth-order valence-electron chi connectivity index (χ4n) is 3.65. The zero-order chi connectivity index (χ0) is 20.2. The van der Waals surface area contributed by atoms with Crippen LogP contribution in [0.5, 0.6) is 0 Å². The molecule has 0 radical (unpaired) electrons. The largest absolute Gasteiger partial charge is 0.393 e. The minimum Gasteiger partial charge on any atom is -0.393 e. The van der Waals surface area contributed by atoms with E-state index in [1.165, 1.54) is 16.7 Å². The van der Waals surface area contributed by atoms with Gasteiger partial charge in [0.15, 0.2) is 11.6 Å². The van der Waals surface area contributed by atoms with E-state index in [2.05, 4.69) is 81.4 Å². The van der Waals surface area contributed by atoms with E-state index in [1.54, 1.807) is 6.33 Å². The van der Waals surface area contributed by atoms with Gasteiger partial charge in [-0.2, -0.15) is 0 Å². The number of hydrogen-bond donors (Lipinski definition) is 2. The molecular weight excluding hydrogens is 360 g/mol. The van der Waals surface area contributed by atoms with E-state index in [1.807, 2.05) is 6.07 Å². The second kappa shape index (κ2) is 8.49. The number of hydrogen-bond acceptors (Lipinski definition) is 6. The van der Waals surface area contributed by atoms with Crippen LogP contribution in [0, 0.1) is 13.8 Å². The van der Waals surface area contributed by atoms with Crippen LogP contribution in [0.1, 0.15) is 16.7 Å². The van der Waals surface area contributed by atoms with Crippen LogP contribution >= 0.6 is 0 Å². The van der Waals surface area contributed by atoms with Crippen molar-refractivity contribution in [1.82, 2.24) is 14.9 Å². The van der Waals surface area contributed by atoms with Gasteiger partial charge in [-0.25, -0.2) is 9.97 Å². The van der Waals surface area contributed by atoms with Gasteiger partial charge in [0.2, 0.25) is 0 Å². The first-order chi connectivity index (χ1) is 14.1. The second-order valence-corrected chi connectivity index (χ2v) is 7.63. The van der Waals surface area contributed by atoms with E-state index in [-0.39, 0.29) is 0 Å². The van der Waals surface area contributed by atoms with Gasteiger partial charge in [-0.3, -0.25) is 4.90 Å². The molecule has 150 valence electrons. The maximum atomic E-state index is 6.45. The number of benzene rings is 2. The highest BCUT2D eigenvalue weighted by Gasteiger charge is 2.21. The van der Waals surface area contributed by atoms with Crippen molar-refractivity contribution in [2.45, 2.75) is 20.4 Å². The highest BCUT2D eigenvalue weighted by molar-refractivity contribution is 5.78. The van der Waals surface area contributed by atoms with Gasteiger partial charge in [0.1, 0.15) is 12.0 Å². The van der Waals surface area contributed by atoms with Crippen molar-refractivity contribution in [2.24, 2.45) is 0 Å². The van der Waals surface area contributed by atoms with E-state index in [0.29, 0.717) is 11.5 Å². The molecule has 2 heterocycles. The Balaban J connectivity index is 1.43. The van der Waals surface area contributed by atoms with E-state index in [4.69, 9.17) is 5.73 Å². The number of nitrogens with one attached hydrogen (secondary N) is 1. The molecule has 3 N–H and O–H groups in total. The quantitative estimate of drug-likeness (QED) is 0.694. The molecule has 0 saturated carbocycles. The first-order valence-electron chi connectivity index (χ1n) is 10.1. The lowest BCUT2D eigenvalue weighted by molar-refractivity contribution is 0.249. The number of aromatic nitrogens is 2. The zero-order valence-corrected chi connectivity index (χ0v) is 17.1. The summed E-state index contributed by atoms with van der Waals surface area (Å²) < 4.78 is 0. The number of piperazine rings is 1. The van der Waals surface area contributed by atoms with Crippen LogP contribution in [0.4, 0.5) is 23.0 Å². The molecule has 0 amide bonds. The molecule has 29 heavy (non-hydrogen) atoms. The van der Waals surface area contributed by atoms with Crippen molar-refractivity contribution in [1.29, 1.82) is 0 Å². The van der Waals surface area contributed by atoms with Crippen molar-refractivity contribution in [3.05, 3.63) is 71.5 Å². The van der Waals surface area contributed by atoms with Gasteiger partial charge in [-0.1, -0.05) is 36.4 Å². The van der Waals surface area contributed by atoms with Gasteiger partial charge >= 0.3 is 0 Å².